The third-order valence-corrected chi connectivity index (χ3v) is 6.20. The number of rotatable bonds is 7. The van der Waals surface area contributed by atoms with Gasteiger partial charge in [-0.15, -0.1) is 0 Å². The minimum atomic E-state index is -0.455. The average Bonchev–Trinajstić information content (AvgIpc) is 3.28. The summed E-state index contributed by atoms with van der Waals surface area (Å²) < 4.78 is 7.45. The van der Waals surface area contributed by atoms with E-state index < -0.39 is 6.04 Å². The predicted molar refractivity (Wildman–Crippen MR) is 126 cm³/mol. The number of carbonyl (C=O) groups excluding carboxylic acids is 2. The van der Waals surface area contributed by atoms with E-state index in [9.17, 15) is 9.59 Å². The number of para-hydroxylation sites is 1. The smallest absolute Gasteiger partial charge is 0.227 e. The molecule has 0 spiro atoms. The summed E-state index contributed by atoms with van der Waals surface area (Å²) in [5, 5.41) is 3.19. The summed E-state index contributed by atoms with van der Waals surface area (Å²) in [6, 6.07) is 16.9. The Morgan fingerprint density at radius 3 is 2.64 bits per heavy atom. The molecule has 0 aliphatic carbocycles. The van der Waals surface area contributed by atoms with Gasteiger partial charge in [-0.2, -0.15) is 0 Å². The van der Waals surface area contributed by atoms with E-state index >= 15 is 0 Å². The van der Waals surface area contributed by atoms with Crippen LogP contribution in [0.1, 0.15) is 35.8 Å². The molecule has 2 heterocycles. The summed E-state index contributed by atoms with van der Waals surface area (Å²) in [5.41, 5.74) is 1.83. The molecule has 0 bridgehead atoms. The fraction of sp³-hybridized carbons (Fsp3) is 0.346. The number of methoxy groups -OCH3 is 1. The normalized spacial score (nSPS) is 16.8. The second-order valence-corrected chi connectivity index (χ2v) is 8.42. The molecule has 3 aromatic rings. The zero-order valence-corrected chi connectivity index (χ0v) is 19.1. The van der Waals surface area contributed by atoms with Crippen molar-refractivity contribution in [2.24, 2.45) is 13.0 Å². The number of hydrogen-bond donors (Lipinski definition) is 1. The highest BCUT2D eigenvalue weighted by Crippen LogP contribution is 2.30. The van der Waals surface area contributed by atoms with E-state index in [1.807, 2.05) is 77.3 Å². The Morgan fingerprint density at radius 2 is 1.91 bits per heavy atom. The fourth-order valence-electron chi connectivity index (χ4n) is 4.40. The maximum atomic E-state index is 13.4. The van der Waals surface area contributed by atoms with E-state index in [-0.39, 0.29) is 17.7 Å². The molecular weight excluding hydrogens is 416 g/mol. The van der Waals surface area contributed by atoms with Crippen molar-refractivity contribution in [3.05, 3.63) is 83.9 Å². The van der Waals surface area contributed by atoms with Crippen molar-refractivity contribution in [1.29, 1.82) is 0 Å². The standard InChI is InChI=1S/C26H30N4O3/c1-29-16-14-27-25(29)24(21-12-6-7-13-22(21)33-2)28-26(32)20-11-8-15-30(18-20)23(31)17-19-9-4-3-5-10-19/h3-7,9-10,12-14,16,20,24H,8,11,15,17-18H2,1-2H3,(H,28,32). The Balaban J connectivity index is 1.49. The molecule has 172 valence electrons. The lowest BCUT2D eigenvalue weighted by Gasteiger charge is -2.33. The van der Waals surface area contributed by atoms with Gasteiger partial charge in [-0.05, 0) is 24.5 Å². The van der Waals surface area contributed by atoms with Gasteiger partial charge in [-0.3, -0.25) is 9.59 Å². The molecule has 7 nitrogen and oxygen atoms in total. The maximum Gasteiger partial charge on any atom is 0.227 e. The van der Waals surface area contributed by atoms with Gasteiger partial charge in [0.05, 0.1) is 19.4 Å². The zero-order chi connectivity index (χ0) is 23.2. The van der Waals surface area contributed by atoms with Gasteiger partial charge in [0.1, 0.15) is 17.6 Å². The third kappa shape index (κ3) is 5.25. The van der Waals surface area contributed by atoms with Crippen molar-refractivity contribution >= 4 is 11.8 Å². The van der Waals surface area contributed by atoms with Crippen LogP contribution in [-0.2, 0) is 23.1 Å². The molecule has 4 rings (SSSR count). The van der Waals surface area contributed by atoms with Crippen molar-refractivity contribution < 1.29 is 14.3 Å². The second kappa shape index (κ2) is 10.3. The number of likely N-dealkylation sites (tertiary alicyclic amines) is 1. The first kappa shape index (κ1) is 22.6. The topological polar surface area (TPSA) is 76.5 Å². The maximum absolute atomic E-state index is 13.4. The summed E-state index contributed by atoms with van der Waals surface area (Å²) >= 11 is 0. The molecule has 7 heteroatoms. The largest absolute Gasteiger partial charge is 0.496 e. The predicted octanol–water partition coefficient (Wildman–Crippen LogP) is 3.12. The molecular formula is C26H30N4O3. The molecule has 2 amide bonds. The second-order valence-electron chi connectivity index (χ2n) is 8.42. The van der Waals surface area contributed by atoms with E-state index in [1.54, 1.807) is 13.3 Å². The van der Waals surface area contributed by atoms with Gasteiger partial charge >= 0.3 is 0 Å². The summed E-state index contributed by atoms with van der Waals surface area (Å²) in [6.45, 7) is 1.11. The van der Waals surface area contributed by atoms with Crippen molar-refractivity contribution in [3.63, 3.8) is 0 Å². The highest BCUT2D eigenvalue weighted by molar-refractivity contribution is 5.83. The molecule has 0 radical (unpaired) electrons. The van der Waals surface area contributed by atoms with Crippen LogP contribution < -0.4 is 10.1 Å². The number of nitrogens with zero attached hydrogens (tertiary/aromatic N) is 3. The van der Waals surface area contributed by atoms with Gasteiger partial charge in [0, 0.05) is 38.1 Å². The van der Waals surface area contributed by atoms with Crippen molar-refractivity contribution in [2.75, 3.05) is 20.2 Å². The minimum absolute atomic E-state index is 0.0593. The van der Waals surface area contributed by atoms with E-state index in [0.29, 0.717) is 25.3 Å². The molecule has 0 saturated carbocycles. The molecule has 1 aromatic heterocycles. The number of carbonyl (C=O) groups is 2. The monoisotopic (exact) mass is 446 g/mol. The van der Waals surface area contributed by atoms with Crippen LogP contribution in [0.15, 0.2) is 67.0 Å². The van der Waals surface area contributed by atoms with E-state index in [1.165, 1.54) is 0 Å². The Bertz CT molecular complexity index is 1100. The summed E-state index contributed by atoms with van der Waals surface area (Å²) in [5.74, 6) is 1.13. The van der Waals surface area contributed by atoms with Gasteiger partial charge in [0.25, 0.3) is 0 Å². The molecule has 33 heavy (non-hydrogen) atoms. The highest BCUT2D eigenvalue weighted by Gasteiger charge is 2.31. The lowest BCUT2D eigenvalue weighted by atomic mass is 9.95. The molecule has 1 fully saturated rings. The van der Waals surface area contributed by atoms with Gasteiger partial charge in [-0.1, -0.05) is 48.5 Å². The number of amides is 2. The Hall–Kier alpha value is -3.61. The first-order valence-corrected chi connectivity index (χ1v) is 11.3. The van der Waals surface area contributed by atoms with Crippen molar-refractivity contribution in [1.82, 2.24) is 19.8 Å². The van der Waals surface area contributed by atoms with E-state index in [0.717, 1.165) is 29.8 Å². The van der Waals surface area contributed by atoms with Crippen molar-refractivity contribution in [3.8, 4) is 5.75 Å². The Labute approximate surface area is 194 Å². The fourth-order valence-corrected chi connectivity index (χ4v) is 4.40. The summed E-state index contributed by atoms with van der Waals surface area (Å²) in [4.78, 5) is 32.5. The number of nitrogens with one attached hydrogen (secondary N) is 1. The molecule has 1 aliphatic rings. The number of aryl methyl sites for hydroxylation is 1. The lowest BCUT2D eigenvalue weighted by molar-refractivity contribution is -0.135. The molecule has 1 aliphatic heterocycles. The highest BCUT2D eigenvalue weighted by atomic mass is 16.5. The van der Waals surface area contributed by atoms with Crippen LogP contribution in [0.5, 0.6) is 5.75 Å². The summed E-state index contributed by atoms with van der Waals surface area (Å²) in [6.07, 6.45) is 5.48. The molecule has 2 unspecified atom stereocenters. The van der Waals surface area contributed by atoms with Gasteiger partial charge in [0.15, 0.2) is 0 Å². The molecule has 1 saturated heterocycles. The van der Waals surface area contributed by atoms with Gasteiger partial charge < -0.3 is 19.5 Å². The zero-order valence-electron chi connectivity index (χ0n) is 19.1. The Kier molecular flexibility index (Phi) is 7.07. The van der Waals surface area contributed by atoms with Crippen LogP contribution in [0.2, 0.25) is 0 Å². The average molecular weight is 447 g/mol. The van der Waals surface area contributed by atoms with E-state index in [4.69, 9.17) is 4.74 Å². The van der Waals surface area contributed by atoms with Crippen LogP contribution in [0.4, 0.5) is 0 Å². The van der Waals surface area contributed by atoms with Crippen LogP contribution in [0.25, 0.3) is 0 Å². The summed E-state index contributed by atoms with van der Waals surface area (Å²) in [7, 11) is 3.52. The number of ether oxygens (including phenoxy) is 1. The van der Waals surface area contributed by atoms with E-state index in [2.05, 4.69) is 10.3 Å². The van der Waals surface area contributed by atoms with Crippen LogP contribution in [-0.4, -0.2) is 46.5 Å². The first-order chi connectivity index (χ1) is 16.1. The first-order valence-electron chi connectivity index (χ1n) is 11.3. The number of benzene rings is 2. The van der Waals surface area contributed by atoms with Gasteiger partial charge in [-0.25, -0.2) is 4.98 Å². The number of hydrogen-bond acceptors (Lipinski definition) is 4. The number of aromatic nitrogens is 2. The van der Waals surface area contributed by atoms with Gasteiger partial charge in [0.2, 0.25) is 11.8 Å². The minimum Gasteiger partial charge on any atom is -0.496 e. The van der Waals surface area contributed by atoms with Crippen LogP contribution in [0, 0.1) is 5.92 Å². The Morgan fingerprint density at radius 1 is 1.15 bits per heavy atom. The molecule has 2 atom stereocenters. The third-order valence-electron chi connectivity index (χ3n) is 6.20. The number of piperidine rings is 1. The van der Waals surface area contributed by atoms with Crippen LogP contribution in [0.3, 0.4) is 0 Å². The number of imidazole rings is 1. The molecule has 1 N–H and O–H groups in total. The quantitative estimate of drug-likeness (QED) is 0.605. The lowest BCUT2D eigenvalue weighted by Crippen LogP contribution is -2.46. The SMILES string of the molecule is COc1ccccc1C(NC(=O)C1CCCN(C(=O)Cc2ccccc2)C1)c1nccn1C. The van der Waals surface area contributed by atoms with Crippen LogP contribution >= 0.6 is 0 Å². The molecule has 2 aromatic carbocycles. The van der Waals surface area contributed by atoms with Crippen molar-refractivity contribution in [2.45, 2.75) is 25.3 Å².